The minimum Gasteiger partial charge on any atom is -0.497 e. The minimum atomic E-state index is -0.467. The molecule has 0 amide bonds. The number of rotatable bonds is 3. The lowest BCUT2D eigenvalue weighted by atomic mass is 10.1. The van der Waals surface area contributed by atoms with Crippen molar-refractivity contribution in [3.63, 3.8) is 0 Å². The first-order valence-electron chi connectivity index (χ1n) is 3.90. The third-order valence-electron chi connectivity index (χ3n) is 1.82. The molecule has 0 saturated heterocycles. The summed E-state index contributed by atoms with van der Waals surface area (Å²) in [6.45, 7) is 3.50. The Kier molecular flexibility index (Phi) is 3.03. The Morgan fingerprint density at radius 1 is 1.62 bits per heavy atom. The van der Waals surface area contributed by atoms with Crippen LogP contribution in [0.25, 0.3) is 0 Å². The van der Waals surface area contributed by atoms with Gasteiger partial charge in [-0.15, -0.1) is 6.58 Å². The van der Waals surface area contributed by atoms with Crippen molar-refractivity contribution in [2.24, 2.45) is 5.73 Å². The molecule has 70 valence electrons. The van der Waals surface area contributed by atoms with Gasteiger partial charge in [0, 0.05) is 11.6 Å². The van der Waals surface area contributed by atoms with Crippen LogP contribution in [0, 0.1) is 5.82 Å². The van der Waals surface area contributed by atoms with Gasteiger partial charge in [0.1, 0.15) is 11.6 Å². The zero-order valence-corrected chi connectivity index (χ0v) is 7.46. The molecule has 1 unspecified atom stereocenters. The zero-order valence-electron chi connectivity index (χ0n) is 7.46. The maximum Gasteiger partial charge on any atom is 0.131 e. The Bertz CT molecular complexity index is 312. The van der Waals surface area contributed by atoms with Crippen molar-refractivity contribution in [2.75, 3.05) is 7.11 Å². The van der Waals surface area contributed by atoms with Crippen LogP contribution >= 0.6 is 0 Å². The molecular weight excluding hydrogens is 169 g/mol. The second kappa shape index (κ2) is 4.05. The number of hydrogen-bond acceptors (Lipinski definition) is 2. The average molecular weight is 181 g/mol. The topological polar surface area (TPSA) is 35.2 Å². The smallest absolute Gasteiger partial charge is 0.131 e. The Balaban J connectivity index is 3.04. The second-order valence-corrected chi connectivity index (χ2v) is 2.65. The summed E-state index contributed by atoms with van der Waals surface area (Å²) in [5, 5.41) is 0. The number of benzene rings is 1. The van der Waals surface area contributed by atoms with Gasteiger partial charge in [-0.05, 0) is 6.07 Å². The number of methoxy groups -OCH3 is 1. The van der Waals surface area contributed by atoms with Crippen LogP contribution in [0.2, 0.25) is 0 Å². The van der Waals surface area contributed by atoms with Crippen molar-refractivity contribution in [3.05, 3.63) is 42.2 Å². The van der Waals surface area contributed by atoms with E-state index in [2.05, 4.69) is 6.58 Å². The predicted octanol–water partition coefficient (Wildman–Crippen LogP) is 2.02. The van der Waals surface area contributed by atoms with Gasteiger partial charge in [-0.1, -0.05) is 12.1 Å². The van der Waals surface area contributed by atoms with Crippen LogP contribution in [0.4, 0.5) is 4.39 Å². The number of hydrogen-bond donors (Lipinski definition) is 1. The molecule has 0 aliphatic heterocycles. The van der Waals surface area contributed by atoms with Crippen molar-refractivity contribution in [1.29, 1.82) is 0 Å². The summed E-state index contributed by atoms with van der Waals surface area (Å²) in [4.78, 5) is 0. The quantitative estimate of drug-likeness (QED) is 0.724. The molecule has 0 spiro atoms. The van der Waals surface area contributed by atoms with Crippen LogP contribution in [-0.2, 0) is 0 Å². The van der Waals surface area contributed by atoms with Gasteiger partial charge in [0.2, 0.25) is 0 Å². The summed E-state index contributed by atoms with van der Waals surface area (Å²) in [5.74, 6) is 0.115. The van der Waals surface area contributed by atoms with Crippen molar-refractivity contribution >= 4 is 0 Å². The number of ether oxygens (including phenoxy) is 1. The molecule has 0 aliphatic carbocycles. The van der Waals surface area contributed by atoms with Crippen molar-refractivity contribution in [3.8, 4) is 5.75 Å². The molecule has 2 nitrogen and oxygen atoms in total. The first-order chi connectivity index (χ1) is 6.19. The fourth-order valence-electron chi connectivity index (χ4n) is 1.03. The summed E-state index contributed by atoms with van der Waals surface area (Å²) >= 11 is 0. The number of halogens is 1. The average Bonchev–Trinajstić information content (AvgIpc) is 2.16. The first kappa shape index (κ1) is 9.74. The Morgan fingerprint density at radius 3 is 2.77 bits per heavy atom. The van der Waals surface area contributed by atoms with Crippen LogP contribution in [0.15, 0.2) is 30.9 Å². The highest BCUT2D eigenvalue weighted by molar-refractivity contribution is 5.32. The van der Waals surface area contributed by atoms with E-state index in [1.54, 1.807) is 12.1 Å². The normalized spacial score (nSPS) is 12.2. The van der Waals surface area contributed by atoms with Crippen LogP contribution < -0.4 is 10.5 Å². The van der Waals surface area contributed by atoms with E-state index >= 15 is 0 Å². The lowest BCUT2D eigenvalue weighted by Crippen LogP contribution is -2.08. The third kappa shape index (κ3) is 2.06. The maximum atomic E-state index is 13.3. The molecular formula is C10H12FNO. The molecule has 1 rings (SSSR count). The van der Waals surface area contributed by atoms with Crippen LogP contribution in [0.1, 0.15) is 11.6 Å². The maximum absolute atomic E-state index is 13.3. The highest BCUT2D eigenvalue weighted by Crippen LogP contribution is 2.20. The molecule has 0 aromatic heterocycles. The van der Waals surface area contributed by atoms with Gasteiger partial charge in [-0.3, -0.25) is 0 Å². The molecule has 0 saturated carbocycles. The van der Waals surface area contributed by atoms with Gasteiger partial charge < -0.3 is 10.5 Å². The molecule has 3 heteroatoms. The monoisotopic (exact) mass is 181 g/mol. The lowest BCUT2D eigenvalue weighted by molar-refractivity contribution is 0.410. The van der Waals surface area contributed by atoms with Crippen molar-refractivity contribution < 1.29 is 9.13 Å². The molecule has 0 radical (unpaired) electrons. The molecule has 0 fully saturated rings. The third-order valence-corrected chi connectivity index (χ3v) is 1.82. The Labute approximate surface area is 76.8 Å². The molecule has 1 aromatic rings. The summed E-state index contributed by atoms with van der Waals surface area (Å²) in [7, 11) is 1.49. The van der Waals surface area contributed by atoms with E-state index in [0.29, 0.717) is 11.3 Å². The molecule has 1 atom stereocenters. The molecule has 2 N–H and O–H groups in total. The van der Waals surface area contributed by atoms with E-state index in [1.165, 1.54) is 19.3 Å². The molecule has 0 aliphatic rings. The molecule has 0 heterocycles. The van der Waals surface area contributed by atoms with Gasteiger partial charge in [-0.25, -0.2) is 4.39 Å². The Morgan fingerprint density at radius 2 is 2.31 bits per heavy atom. The predicted molar refractivity (Wildman–Crippen MR) is 50.1 cm³/mol. The van der Waals surface area contributed by atoms with Gasteiger partial charge >= 0.3 is 0 Å². The van der Waals surface area contributed by atoms with Crippen LogP contribution in [-0.4, -0.2) is 7.11 Å². The lowest BCUT2D eigenvalue weighted by Gasteiger charge is -2.08. The second-order valence-electron chi connectivity index (χ2n) is 2.65. The zero-order chi connectivity index (χ0) is 9.84. The van der Waals surface area contributed by atoms with E-state index in [9.17, 15) is 4.39 Å². The standard InChI is InChI=1S/C10H12FNO/c1-3-10(12)8-5-4-7(13-2)6-9(8)11/h3-6,10H,1,12H2,2H3. The SMILES string of the molecule is C=CC(N)c1ccc(OC)cc1F. The summed E-state index contributed by atoms with van der Waals surface area (Å²) in [5.41, 5.74) is 6.01. The van der Waals surface area contributed by atoms with Gasteiger partial charge in [0.15, 0.2) is 0 Å². The highest BCUT2D eigenvalue weighted by Gasteiger charge is 2.08. The number of nitrogens with two attached hydrogens (primary N) is 1. The molecule has 0 bridgehead atoms. The van der Waals surface area contributed by atoms with E-state index < -0.39 is 6.04 Å². The Hall–Kier alpha value is -1.35. The fraction of sp³-hybridized carbons (Fsp3) is 0.200. The van der Waals surface area contributed by atoms with Crippen molar-refractivity contribution in [2.45, 2.75) is 6.04 Å². The summed E-state index contributed by atoms with van der Waals surface area (Å²) in [6.07, 6.45) is 1.49. The van der Waals surface area contributed by atoms with Crippen LogP contribution in [0.3, 0.4) is 0 Å². The summed E-state index contributed by atoms with van der Waals surface area (Å²) < 4.78 is 18.1. The fourth-order valence-corrected chi connectivity index (χ4v) is 1.03. The largest absolute Gasteiger partial charge is 0.497 e. The highest BCUT2D eigenvalue weighted by atomic mass is 19.1. The minimum absolute atomic E-state index is 0.369. The van der Waals surface area contributed by atoms with E-state index in [1.807, 2.05) is 0 Å². The molecule has 1 aromatic carbocycles. The summed E-state index contributed by atoms with van der Waals surface area (Å²) in [6, 6.07) is 4.10. The van der Waals surface area contributed by atoms with Gasteiger partial charge in [0.25, 0.3) is 0 Å². The van der Waals surface area contributed by atoms with Gasteiger partial charge in [0.05, 0.1) is 13.2 Å². The van der Waals surface area contributed by atoms with E-state index in [0.717, 1.165) is 0 Å². The van der Waals surface area contributed by atoms with Crippen molar-refractivity contribution in [1.82, 2.24) is 0 Å². The van der Waals surface area contributed by atoms with Gasteiger partial charge in [-0.2, -0.15) is 0 Å². The van der Waals surface area contributed by atoms with E-state index in [-0.39, 0.29) is 5.82 Å². The molecule has 13 heavy (non-hydrogen) atoms. The first-order valence-corrected chi connectivity index (χ1v) is 3.90. The van der Waals surface area contributed by atoms with Crippen LogP contribution in [0.5, 0.6) is 5.75 Å². The van der Waals surface area contributed by atoms with E-state index in [4.69, 9.17) is 10.5 Å².